The van der Waals surface area contributed by atoms with E-state index in [4.69, 9.17) is 37.4 Å². The monoisotopic (exact) mass is 602 g/mol. The number of hydrogen-bond donors (Lipinski definition) is 1. The molecule has 7 nitrogen and oxygen atoms in total. The van der Waals surface area contributed by atoms with E-state index in [0.29, 0.717) is 49.4 Å². The second kappa shape index (κ2) is 11.8. The van der Waals surface area contributed by atoms with Crippen LogP contribution in [0.15, 0.2) is 69.8 Å². The quantitative estimate of drug-likeness (QED) is 0.220. The summed E-state index contributed by atoms with van der Waals surface area (Å²) in [4.78, 5) is 28.1. The fourth-order valence-electron chi connectivity index (χ4n) is 3.45. The van der Waals surface area contributed by atoms with Gasteiger partial charge in [-0.15, -0.1) is 0 Å². The van der Waals surface area contributed by atoms with E-state index in [0.717, 1.165) is 5.56 Å². The van der Waals surface area contributed by atoms with Gasteiger partial charge in [0.2, 0.25) is 11.8 Å². The summed E-state index contributed by atoms with van der Waals surface area (Å²) in [7, 11) is 0. The van der Waals surface area contributed by atoms with Gasteiger partial charge >= 0.3 is 5.97 Å². The summed E-state index contributed by atoms with van der Waals surface area (Å²) < 4.78 is 17.8. The Kier molecular flexibility index (Phi) is 8.53. The Balaban J connectivity index is 1.57. The number of carbonyl (C=O) groups excluding carboxylic acids is 2. The largest absolute Gasteiger partial charge is 0.490 e. The number of ether oxygens (including phenoxy) is 3. The molecule has 0 fully saturated rings. The zero-order valence-electron chi connectivity index (χ0n) is 19.8. The van der Waals surface area contributed by atoms with E-state index in [1.165, 1.54) is 6.92 Å². The summed E-state index contributed by atoms with van der Waals surface area (Å²) in [5.41, 5.74) is 2.88. The number of esters is 1. The molecule has 10 heteroatoms. The van der Waals surface area contributed by atoms with Gasteiger partial charge in [-0.3, -0.25) is 4.79 Å². The van der Waals surface area contributed by atoms with Crippen molar-refractivity contribution in [2.24, 2.45) is 4.99 Å². The topological polar surface area (TPSA) is 86.2 Å². The van der Waals surface area contributed by atoms with E-state index in [1.54, 1.807) is 54.6 Å². The highest BCUT2D eigenvalue weighted by molar-refractivity contribution is 9.10. The zero-order valence-corrected chi connectivity index (χ0v) is 22.9. The van der Waals surface area contributed by atoms with Crippen molar-refractivity contribution in [3.8, 4) is 11.5 Å². The van der Waals surface area contributed by atoms with Crippen molar-refractivity contribution in [3.63, 3.8) is 0 Å². The molecule has 0 spiro atoms. The Morgan fingerprint density at radius 3 is 2.51 bits per heavy atom. The van der Waals surface area contributed by atoms with E-state index in [1.807, 2.05) is 13.0 Å². The molecule has 3 aromatic carbocycles. The molecule has 1 amide bonds. The second-order valence-electron chi connectivity index (χ2n) is 7.89. The number of carbonyl (C=O) groups is 2. The van der Waals surface area contributed by atoms with Gasteiger partial charge in [0.1, 0.15) is 6.61 Å². The van der Waals surface area contributed by atoms with Crippen LogP contribution < -0.4 is 14.8 Å². The van der Waals surface area contributed by atoms with E-state index >= 15 is 0 Å². The predicted octanol–water partition coefficient (Wildman–Crippen LogP) is 7.04. The molecule has 0 saturated carbocycles. The molecular formula is C27H21BrCl2N2O5. The van der Waals surface area contributed by atoms with Crippen molar-refractivity contribution >= 4 is 68.7 Å². The fourth-order valence-corrected chi connectivity index (χ4v) is 4.34. The van der Waals surface area contributed by atoms with Crippen molar-refractivity contribution in [3.05, 3.63) is 91.5 Å². The number of aliphatic imine (C=N–C) groups is 1. The van der Waals surface area contributed by atoms with Crippen LogP contribution in [0.1, 0.15) is 30.5 Å². The first kappa shape index (κ1) is 26.7. The van der Waals surface area contributed by atoms with Gasteiger partial charge in [-0.2, -0.15) is 0 Å². The van der Waals surface area contributed by atoms with E-state index in [9.17, 15) is 9.59 Å². The molecule has 0 bridgehead atoms. The van der Waals surface area contributed by atoms with Gasteiger partial charge in [-0.25, -0.2) is 9.79 Å². The van der Waals surface area contributed by atoms with Crippen molar-refractivity contribution in [2.45, 2.75) is 20.5 Å². The highest BCUT2D eigenvalue weighted by atomic mass is 79.9. The number of benzene rings is 3. The second-order valence-corrected chi connectivity index (χ2v) is 9.56. The lowest BCUT2D eigenvalue weighted by Gasteiger charge is -2.15. The van der Waals surface area contributed by atoms with Crippen LogP contribution in [0.5, 0.6) is 11.5 Å². The minimum atomic E-state index is -0.574. The van der Waals surface area contributed by atoms with Crippen molar-refractivity contribution < 1.29 is 23.8 Å². The number of halogens is 3. The molecule has 3 aromatic rings. The summed E-state index contributed by atoms with van der Waals surface area (Å²) in [6.45, 7) is 3.95. The van der Waals surface area contributed by atoms with Crippen LogP contribution in [-0.4, -0.2) is 24.4 Å². The third-order valence-corrected chi connectivity index (χ3v) is 6.40. The highest BCUT2D eigenvalue weighted by Crippen LogP contribution is 2.38. The Morgan fingerprint density at radius 2 is 1.84 bits per heavy atom. The van der Waals surface area contributed by atoms with Crippen LogP contribution in [0.4, 0.5) is 5.69 Å². The lowest BCUT2D eigenvalue weighted by Crippen LogP contribution is -2.07. The maximum absolute atomic E-state index is 12.5. The number of nitrogens with one attached hydrogen (secondary N) is 1. The van der Waals surface area contributed by atoms with Crippen LogP contribution in [0.25, 0.3) is 6.08 Å². The molecule has 190 valence electrons. The van der Waals surface area contributed by atoms with Crippen LogP contribution in [0.2, 0.25) is 10.0 Å². The third-order valence-electron chi connectivity index (χ3n) is 5.07. The van der Waals surface area contributed by atoms with E-state index < -0.39 is 5.97 Å². The molecule has 1 heterocycles. The van der Waals surface area contributed by atoms with Gasteiger partial charge in [0, 0.05) is 18.2 Å². The molecular weight excluding hydrogens is 583 g/mol. The van der Waals surface area contributed by atoms with Crippen LogP contribution >= 0.6 is 39.1 Å². The minimum Gasteiger partial charge on any atom is -0.490 e. The highest BCUT2D eigenvalue weighted by Gasteiger charge is 2.24. The summed E-state index contributed by atoms with van der Waals surface area (Å²) in [5.74, 6) is 0.428. The normalized spacial score (nSPS) is 13.8. The molecule has 37 heavy (non-hydrogen) atoms. The number of amides is 1. The maximum Gasteiger partial charge on any atom is 0.363 e. The fraction of sp³-hybridized carbons (Fsp3) is 0.148. The van der Waals surface area contributed by atoms with E-state index in [-0.39, 0.29) is 24.1 Å². The number of anilines is 1. The molecule has 0 aromatic heterocycles. The molecule has 0 aliphatic carbocycles. The average molecular weight is 604 g/mol. The first-order valence-electron chi connectivity index (χ1n) is 11.2. The third kappa shape index (κ3) is 6.71. The van der Waals surface area contributed by atoms with Gasteiger partial charge in [-0.1, -0.05) is 29.3 Å². The Hall–Kier alpha value is -3.33. The van der Waals surface area contributed by atoms with Crippen LogP contribution in [0.3, 0.4) is 0 Å². The minimum absolute atomic E-state index is 0.139. The summed E-state index contributed by atoms with van der Waals surface area (Å²) in [6.07, 6.45) is 1.61. The molecule has 4 rings (SSSR count). The average Bonchev–Trinajstić information content (AvgIpc) is 3.21. The molecule has 0 atom stereocenters. The Bertz CT molecular complexity index is 1420. The first-order valence-corrected chi connectivity index (χ1v) is 12.7. The number of hydrogen-bond acceptors (Lipinski definition) is 6. The maximum atomic E-state index is 12.5. The molecule has 1 aliphatic heterocycles. The van der Waals surface area contributed by atoms with Crippen molar-refractivity contribution in [2.75, 3.05) is 11.9 Å². The summed E-state index contributed by atoms with van der Waals surface area (Å²) >= 11 is 15.6. The van der Waals surface area contributed by atoms with Gasteiger partial charge in [0.15, 0.2) is 17.2 Å². The molecule has 0 saturated heterocycles. The molecule has 1 aliphatic rings. The first-order chi connectivity index (χ1) is 17.7. The Labute approximate surface area is 232 Å². The predicted molar refractivity (Wildman–Crippen MR) is 147 cm³/mol. The number of rotatable bonds is 8. The van der Waals surface area contributed by atoms with Crippen LogP contribution in [0, 0.1) is 0 Å². The SMILES string of the molecule is CCOc1cc(/C=C2\N=C(c3ccc(NC(C)=O)cc3)OC2=O)cc(Br)c1OCc1ccc(Cl)c(Cl)c1. The van der Waals surface area contributed by atoms with Crippen LogP contribution in [-0.2, 0) is 20.9 Å². The van der Waals surface area contributed by atoms with Crippen molar-refractivity contribution in [1.29, 1.82) is 0 Å². The van der Waals surface area contributed by atoms with Gasteiger partial charge < -0.3 is 19.5 Å². The van der Waals surface area contributed by atoms with Gasteiger partial charge in [-0.05, 0) is 88.6 Å². The van der Waals surface area contributed by atoms with Crippen molar-refractivity contribution in [1.82, 2.24) is 0 Å². The lowest BCUT2D eigenvalue weighted by molar-refractivity contribution is -0.129. The molecule has 1 N–H and O–H groups in total. The van der Waals surface area contributed by atoms with E-state index in [2.05, 4.69) is 26.2 Å². The number of nitrogens with zero attached hydrogens (tertiary/aromatic N) is 1. The summed E-state index contributed by atoms with van der Waals surface area (Å²) in [5, 5.41) is 3.60. The smallest absolute Gasteiger partial charge is 0.363 e. The lowest BCUT2D eigenvalue weighted by atomic mass is 10.1. The zero-order chi connectivity index (χ0) is 26.5. The number of cyclic esters (lactones) is 1. The Morgan fingerprint density at radius 1 is 1.08 bits per heavy atom. The molecule has 0 radical (unpaired) electrons. The molecule has 0 unspecified atom stereocenters. The standard InChI is InChI=1S/C27H21BrCl2N2O5/c1-3-35-24-13-17(10-20(28)25(24)36-14-16-4-9-21(29)22(30)11-16)12-23-27(34)37-26(32-23)18-5-7-19(8-6-18)31-15(2)33/h4-13H,3,14H2,1-2H3,(H,31,33)/b23-12-. The van der Waals surface area contributed by atoms with Gasteiger partial charge in [0.05, 0.1) is 21.1 Å². The summed E-state index contributed by atoms with van der Waals surface area (Å²) in [6, 6.07) is 15.7. The van der Waals surface area contributed by atoms with Gasteiger partial charge in [0.25, 0.3) is 0 Å².